The van der Waals surface area contributed by atoms with Crippen LogP contribution >= 0.6 is 0 Å². The van der Waals surface area contributed by atoms with Crippen molar-refractivity contribution in [3.63, 3.8) is 0 Å². The van der Waals surface area contributed by atoms with Crippen LogP contribution in [-0.4, -0.2) is 14.3 Å². The van der Waals surface area contributed by atoms with Gasteiger partial charge in [0, 0.05) is 5.92 Å². The number of carbonyl (C=O) groups excluding carboxylic acids is 1. The van der Waals surface area contributed by atoms with E-state index in [0.717, 1.165) is 0 Å². The lowest BCUT2D eigenvalue weighted by Crippen LogP contribution is -2.33. The Morgan fingerprint density at radius 3 is 2.30 bits per heavy atom. The molecule has 0 radical (unpaired) electrons. The maximum Gasteiger partial charge on any atom is 0.488 e. The lowest BCUT2D eigenvalue weighted by atomic mass is 9.77. The fourth-order valence-corrected chi connectivity index (χ4v) is 2.13. The minimum atomic E-state index is -5.02. The predicted molar refractivity (Wildman–Crippen MR) is 75.4 cm³/mol. The fourth-order valence-electron chi connectivity index (χ4n) is 1.75. The highest BCUT2D eigenvalue weighted by Crippen LogP contribution is 2.29. The Kier molecular flexibility index (Phi) is 6.91. The third-order valence-corrected chi connectivity index (χ3v) is 3.16. The number of nitrogens with two attached hydrogens (primary N) is 1. The molecule has 0 aliphatic heterocycles. The van der Waals surface area contributed by atoms with Crippen LogP contribution in [-0.2, 0) is 19.5 Å². The Hall–Kier alpha value is -1.37. The molecule has 1 amide bonds. The van der Waals surface area contributed by atoms with Crippen molar-refractivity contribution >= 4 is 16.4 Å². The maximum atomic E-state index is 12.3. The van der Waals surface area contributed by atoms with Gasteiger partial charge in [-0.25, -0.2) is 0 Å². The molecule has 2 N–H and O–H groups in total. The Morgan fingerprint density at radius 2 is 1.95 bits per heavy atom. The largest absolute Gasteiger partial charge is 0.488 e. The number of carbonyl (C=O) groups is 1. The number of rotatable bonds is 7. The van der Waals surface area contributed by atoms with E-state index >= 15 is 0 Å². The van der Waals surface area contributed by atoms with Gasteiger partial charge in [-0.15, -0.1) is 0 Å². The molecule has 0 aromatic rings. The van der Waals surface area contributed by atoms with E-state index < -0.39 is 10.5 Å². The number of amides is 1. The molecular weight excluding hydrogens is 285 g/mol. The van der Waals surface area contributed by atoms with E-state index in [2.05, 4.69) is 4.18 Å². The van der Waals surface area contributed by atoms with Crippen LogP contribution < -0.4 is 5.73 Å². The topological polar surface area (TPSA) is 86.5 Å². The Balaban J connectivity index is 4.55. The van der Waals surface area contributed by atoms with E-state index in [1.807, 2.05) is 20.8 Å². The van der Waals surface area contributed by atoms with Crippen molar-refractivity contribution in [1.29, 1.82) is 0 Å². The fraction of sp³-hybridized carbons (Fsp3) is 0.615. The predicted octanol–water partition coefficient (Wildman–Crippen LogP) is 2.61. The molecule has 0 unspecified atom stereocenters. The van der Waals surface area contributed by atoms with Crippen molar-refractivity contribution in [2.45, 2.75) is 40.5 Å². The first kappa shape index (κ1) is 18.6. The van der Waals surface area contributed by atoms with Gasteiger partial charge in [0.2, 0.25) is 5.91 Å². The molecule has 7 heteroatoms. The van der Waals surface area contributed by atoms with Gasteiger partial charge in [0.25, 0.3) is 0 Å². The van der Waals surface area contributed by atoms with Crippen LogP contribution in [0.2, 0.25) is 0 Å². The van der Waals surface area contributed by atoms with Gasteiger partial charge < -0.3 is 9.92 Å². The van der Waals surface area contributed by atoms with E-state index in [4.69, 9.17) is 5.73 Å². The molecule has 0 bridgehead atoms. The van der Waals surface area contributed by atoms with Gasteiger partial charge in [0.15, 0.2) is 0 Å². The molecular formula is C13H22FNO4S. The lowest BCUT2D eigenvalue weighted by Gasteiger charge is -2.27. The van der Waals surface area contributed by atoms with E-state index in [1.54, 1.807) is 6.08 Å². The Morgan fingerprint density at radius 1 is 1.40 bits per heavy atom. The molecule has 5 nitrogen and oxygen atoms in total. The van der Waals surface area contributed by atoms with E-state index in [-0.39, 0.29) is 23.0 Å². The van der Waals surface area contributed by atoms with Gasteiger partial charge >= 0.3 is 10.5 Å². The zero-order valence-electron chi connectivity index (χ0n) is 12.2. The summed E-state index contributed by atoms with van der Waals surface area (Å²) in [6, 6.07) is 0. The molecule has 0 aliphatic rings. The SMILES string of the molecule is C/C=C(\C=C/CC[C@@H](C(N)=O)C(C)(C)C)OS(=O)(=O)F. The van der Waals surface area contributed by atoms with Gasteiger partial charge in [0.1, 0.15) is 5.76 Å². The highest BCUT2D eigenvalue weighted by Gasteiger charge is 2.28. The van der Waals surface area contributed by atoms with Crippen LogP contribution in [0.4, 0.5) is 3.89 Å². The summed E-state index contributed by atoms with van der Waals surface area (Å²) in [5, 5.41) is 0. The van der Waals surface area contributed by atoms with E-state index in [9.17, 15) is 17.1 Å². The van der Waals surface area contributed by atoms with Crippen molar-refractivity contribution in [2.75, 3.05) is 0 Å². The summed E-state index contributed by atoms with van der Waals surface area (Å²) in [6.07, 6.45) is 5.30. The summed E-state index contributed by atoms with van der Waals surface area (Å²) in [5.41, 5.74) is 5.10. The normalized spacial score (nSPS) is 15.3. The van der Waals surface area contributed by atoms with Crippen LogP contribution in [0.5, 0.6) is 0 Å². The standard InChI is InChI=1S/C13H22FNO4S/c1-5-10(19-20(14,17)18)8-6-7-9-11(12(15)16)13(2,3)4/h5-6,8,11H,7,9H2,1-4H3,(H2,15,16)/b8-6-,10-5+/t11-/m0/s1. The summed E-state index contributed by atoms with van der Waals surface area (Å²) in [6.45, 7) is 7.28. The van der Waals surface area contributed by atoms with Gasteiger partial charge in [0.05, 0.1) is 0 Å². The van der Waals surface area contributed by atoms with Gasteiger partial charge in [-0.3, -0.25) is 4.79 Å². The number of hydrogen-bond acceptors (Lipinski definition) is 4. The summed E-state index contributed by atoms with van der Waals surface area (Å²) < 4.78 is 37.1. The first-order valence-electron chi connectivity index (χ1n) is 6.23. The van der Waals surface area contributed by atoms with Crippen LogP contribution in [0.15, 0.2) is 24.0 Å². The summed E-state index contributed by atoms with van der Waals surface area (Å²) in [7, 11) is -5.02. The molecule has 0 aromatic carbocycles. The third-order valence-electron chi connectivity index (χ3n) is 2.77. The van der Waals surface area contributed by atoms with Crippen LogP contribution in [0, 0.1) is 11.3 Å². The highest BCUT2D eigenvalue weighted by molar-refractivity contribution is 7.81. The second kappa shape index (κ2) is 7.42. The highest BCUT2D eigenvalue weighted by atomic mass is 32.3. The van der Waals surface area contributed by atoms with E-state index in [0.29, 0.717) is 12.8 Å². The molecule has 0 saturated heterocycles. The molecule has 0 spiro atoms. The van der Waals surface area contributed by atoms with Crippen molar-refractivity contribution in [3.8, 4) is 0 Å². The van der Waals surface area contributed by atoms with Gasteiger partial charge in [-0.05, 0) is 37.3 Å². The first-order chi connectivity index (χ1) is 8.97. The van der Waals surface area contributed by atoms with Gasteiger partial charge in [-0.2, -0.15) is 8.42 Å². The molecule has 0 saturated carbocycles. The van der Waals surface area contributed by atoms with Crippen LogP contribution in [0.25, 0.3) is 0 Å². The Labute approximate surface area is 120 Å². The second-order valence-electron chi connectivity index (χ2n) is 5.47. The quantitative estimate of drug-likeness (QED) is 0.445. The number of halogens is 1. The lowest BCUT2D eigenvalue weighted by molar-refractivity contribution is -0.125. The summed E-state index contributed by atoms with van der Waals surface area (Å²) >= 11 is 0. The first-order valence-corrected chi connectivity index (χ1v) is 7.54. The van der Waals surface area contributed by atoms with E-state index in [1.165, 1.54) is 19.1 Å². The average molecular weight is 307 g/mol. The molecule has 0 aliphatic carbocycles. The second-order valence-corrected chi connectivity index (χ2v) is 6.42. The van der Waals surface area contributed by atoms with Gasteiger partial charge in [-0.1, -0.05) is 30.7 Å². The van der Waals surface area contributed by atoms with Crippen molar-refractivity contribution in [3.05, 3.63) is 24.0 Å². The van der Waals surface area contributed by atoms with Crippen LogP contribution in [0.1, 0.15) is 40.5 Å². The summed E-state index contributed by atoms with van der Waals surface area (Å²) in [4.78, 5) is 11.4. The number of allylic oxidation sites excluding steroid dienone is 3. The molecule has 0 aromatic heterocycles. The van der Waals surface area contributed by atoms with Crippen molar-refractivity contribution in [1.82, 2.24) is 0 Å². The summed E-state index contributed by atoms with van der Waals surface area (Å²) in [5.74, 6) is -0.786. The number of primary amides is 1. The Bertz CT molecular complexity index is 489. The molecule has 20 heavy (non-hydrogen) atoms. The average Bonchev–Trinajstić information content (AvgIpc) is 2.22. The van der Waals surface area contributed by atoms with Crippen LogP contribution in [0.3, 0.4) is 0 Å². The molecule has 0 rings (SSSR count). The molecule has 0 heterocycles. The number of hydrogen-bond donors (Lipinski definition) is 1. The zero-order chi connectivity index (χ0) is 16.0. The minimum absolute atomic E-state index is 0.112. The van der Waals surface area contributed by atoms with Crippen molar-refractivity contribution in [2.24, 2.45) is 17.1 Å². The van der Waals surface area contributed by atoms with Crippen molar-refractivity contribution < 1.29 is 21.3 Å². The minimum Gasteiger partial charge on any atom is -0.369 e. The molecule has 116 valence electrons. The zero-order valence-corrected chi connectivity index (χ0v) is 13.0. The smallest absolute Gasteiger partial charge is 0.369 e. The third kappa shape index (κ3) is 7.93. The monoisotopic (exact) mass is 307 g/mol. The maximum absolute atomic E-state index is 12.3. The molecule has 1 atom stereocenters. The molecule has 0 fully saturated rings.